The van der Waals surface area contributed by atoms with Crippen LogP contribution in [-0.2, 0) is 12.1 Å². The van der Waals surface area contributed by atoms with Gasteiger partial charge < -0.3 is 5.11 Å². The summed E-state index contributed by atoms with van der Waals surface area (Å²) in [7, 11) is 0. The molecule has 2 aromatic heterocycles. The maximum Gasteiger partial charge on any atom is 0.137 e. The van der Waals surface area contributed by atoms with Crippen molar-refractivity contribution in [3.05, 3.63) is 71.8 Å². The summed E-state index contributed by atoms with van der Waals surface area (Å²) in [5, 5.41) is 18.4. The molecule has 0 amide bonds. The smallest absolute Gasteiger partial charge is 0.137 e. The van der Waals surface area contributed by atoms with Crippen LogP contribution in [0.25, 0.3) is 10.1 Å². The van der Waals surface area contributed by atoms with Crippen LogP contribution in [0.1, 0.15) is 12.5 Å². The standard InChI is InChI=1S/C19H17ClN4OS2/c1-13(26-18-16-4-2-3-5-17(16)27-23-18)19(25,10-24-12-21-11-22-24)14-6-8-15(20)9-7-14/h2-9,11-13,25H,10H2,1H3/t13-,19-/m1/s1. The van der Waals surface area contributed by atoms with E-state index in [9.17, 15) is 5.11 Å². The van der Waals surface area contributed by atoms with Crippen LogP contribution in [0.15, 0.2) is 66.2 Å². The maximum atomic E-state index is 11.7. The summed E-state index contributed by atoms with van der Waals surface area (Å²) in [6, 6.07) is 15.4. The molecule has 0 bridgehead atoms. The minimum absolute atomic E-state index is 0.187. The first kappa shape index (κ1) is 18.4. The van der Waals surface area contributed by atoms with Crippen molar-refractivity contribution >= 4 is 45.0 Å². The molecule has 1 N–H and O–H groups in total. The van der Waals surface area contributed by atoms with Crippen molar-refractivity contribution in [3.63, 3.8) is 0 Å². The van der Waals surface area contributed by atoms with Gasteiger partial charge in [0.15, 0.2) is 0 Å². The van der Waals surface area contributed by atoms with Gasteiger partial charge in [-0.1, -0.05) is 53.7 Å². The number of halogens is 1. The lowest BCUT2D eigenvalue weighted by Crippen LogP contribution is -2.40. The fourth-order valence-electron chi connectivity index (χ4n) is 2.97. The van der Waals surface area contributed by atoms with Gasteiger partial charge in [-0.05, 0) is 42.2 Å². The molecule has 138 valence electrons. The number of benzene rings is 2. The van der Waals surface area contributed by atoms with Crippen molar-refractivity contribution in [2.24, 2.45) is 0 Å². The molecular formula is C19H17ClN4OS2. The number of nitrogens with zero attached hydrogens (tertiary/aromatic N) is 4. The number of rotatable bonds is 6. The minimum Gasteiger partial charge on any atom is -0.382 e. The third-order valence-electron chi connectivity index (χ3n) is 4.52. The van der Waals surface area contributed by atoms with Crippen LogP contribution in [0.5, 0.6) is 0 Å². The molecule has 27 heavy (non-hydrogen) atoms. The van der Waals surface area contributed by atoms with Crippen molar-refractivity contribution < 1.29 is 5.11 Å². The Hall–Kier alpha value is -1.93. The van der Waals surface area contributed by atoms with Gasteiger partial charge in [-0.15, -0.1) is 0 Å². The molecular weight excluding hydrogens is 400 g/mol. The zero-order valence-corrected chi connectivity index (χ0v) is 16.9. The average molecular weight is 417 g/mol. The molecule has 0 fully saturated rings. The summed E-state index contributed by atoms with van der Waals surface area (Å²) in [5.74, 6) is 0. The normalized spacial score (nSPS) is 14.9. The zero-order valence-electron chi connectivity index (χ0n) is 14.5. The molecule has 2 atom stereocenters. The monoisotopic (exact) mass is 416 g/mol. The van der Waals surface area contributed by atoms with Gasteiger partial charge in [0.25, 0.3) is 0 Å². The first-order valence-corrected chi connectivity index (χ1v) is 10.4. The molecule has 0 saturated heterocycles. The molecule has 0 unspecified atom stereocenters. The van der Waals surface area contributed by atoms with E-state index in [4.69, 9.17) is 11.6 Å². The molecule has 2 heterocycles. The number of fused-ring (bicyclic) bond motifs is 1. The summed E-state index contributed by atoms with van der Waals surface area (Å²) in [4.78, 5) is 3.99. The Morgan fingerprint density at radius 1 is 1.22 bits per heavy atom. The van der Waals surface area contributed by atoms with E-state index in [0.717, 1.165) is 20.7 Å². The first-order valence-electron chi connectivity index (χ1n) is 8.38. The van der Waals surface area contributed by atoms with E-state index < -0.39 is 5.60 Å². The number of aromatic nitrogens is 4. The van der Waals surface area contributed by atoms with Gasteiger partial charge in [0.2, 0.25) is 0 Å². The molecule has 4 rings (SSSR count). The summed E-state index contributed by atoms with van der Waals surface area (Å²) in [5.41, 5.74) is -0.393. The van der Waals surface area contributed by atoms with Crippen LogP contribution < -0.4 is 0 Å². The fraction of sp³-hybridized carbons (Fsp3) is 0.211. The third-order valence-corrected chi connectivity index (χ3v) is 6.99. The van der Waals surface area contributed by atoms with Gasteiger partial charge in [-0.25, -0.2) is 9.67 Å². The molecule has 8 heteroatoms. The third kappa shape index (κ3) is 3.73. The lowest BCUT2D eigenvalue weighted by atomic mass is 9.90. The summed E-state index contributed by atoms with van der Waals surface area (Å²) in [6.07, 6.45) is 3.07. The van der Waals surface area contributed by atoms with Crippen molar-refractivity contribution in [3.8, 4) is 0 Å². The molecule has 4 aromatic rings. The van der Waals surface area contributed by atoms with Gasteiger partial charge in [0, 0.05) is 15.7 Å². The zero-order chi connectivity index (χ0) is 18.9. The lowest BCUT2D eigenvalue weighted by Gasteiger charge is -2.34. The van der Waals surface area contributed by atoms with Crippen molar-refractivity contribution in [2.45, 2.75) is 29.3 Å². The topological polar surface area (TPSA) is 63.8 Å². The quantitative estimate of drug-likeness (QED) is 0.465. The number of aliphatic hydroxyl groups is 1. The molecule has 0 saturated carbocycles. The van der Waals surface area contributed by atoms with Crippen LogP contribution in [0.2, 0.25) is 5.02 Å². The van der Waals surface area contributed by atoms with Crippen LogP contribution in [0.3, 0.4) is 0 Å². The Kier molecular flexibility index (Phi) is 5.19. The van der Waals surface area contributed by atoms with Crippen LogP contribution in [0, 0.1) is 0 Å². The van der Waals surface area contributed by atoms with E-state index >= 15 is 0 Å². The minimum atomic E-state index is -1.17. The molecule has 0 aliphatic carbocycles. The summed E-state index contributed by atoms with van der Waals surface area (Å²) < 4.78 is 7.37. The highest BCUT2D eigenvalue weighted by atomic mass is 35.5. The van der Waals surface area contributed by atoms with E-state index in [0.29, 0.717) is 5.02 Å². The predicted octanol–water partition coefficient (Wildman–Crippen LogP) is 4.61. The summed E-state index contributed by atoms with van der Waals surface area (Å²) in [6.45, 7) is 2.29. The molecule has 5 nitrogen and oxygen atoms in total. The molecule has 0 spiro atoms. The van der Waals surface area contributed by atoms with E-state index in [1.807, 2.05) is 31.2 Å². The highest BCUT2D eigenvalue weighted by molar-refractivity contribution is 8.00. The lowest BCUT2D eigenvalue weighted by molar-refractivity contribution is 0.0167. The maximum absolute atomic E-state index is 11.7. The van der Waals surface area contributed by atoms with E-state index in [1.165, 1.54) is 17.9 Å². The number of thioether (sulfide) groups is 1. The second kappa shape index (κ2) is 7.59. The molecule has 2 aromatic carbocycles. The number of hydrogen-bond donors (Lipinski definition) is 1. The second-order valence-corrected chi connectivity index (χ2v) is 8.84. The van der Waals surface area contributed by atoms with Crippen LogP contribution in [0.4, 0.5) is 0 Å². The highest BCUT2D eigenvalue weighted by Crippen LogP contribution is 2.40. The Bertz CT molecular complexity index is 1040. The van der Waals surface area contributed by atoms with Gasteiger partial charge in [0.05, 0.1) is 11.2 Å². The van der Waals surface area contributed by atoms with Crippen molar-refractivity contribution in [2.75, 3.05) is 0 Å². The predicted molar refractivity (Wildman–Crippen MR) is 110 cm³/mol. The molecule has 0 radical (unpaired) electrons. The Balaban J connectivity index is 1.69. The van der Waals surface area contributed by atoms with Gasteiger partial charge in [0.1, 0.15) is 23.3 Å². The van der Waals surface area contributed by atoms with Gasteiger partial charge >= 0.3 is 0 Å². The van der Waals surface area contributed by atoms with Crippen molar-refractivity contribution in [1.29, 1.82) is 0 Å². The van der Waals surface area contributed by atoms with Crippen LogP contribution in [-0.4, -0.2) is 29.5 Å². The molecule has 0 aliphatic heterocycles. The fourth-order valence-corrected chi connectivity index (χ4v) is 5.17. The van der Waals surface area contributed by atoms with Crippen LogP contribution >= 0.6 is 34.9 Å². The average Bonchev–Trinajstić information content (AvgIpc) is 3.32. The van der Waals surface area contributed by atoms with Gasteiger partial charge in [-0.3, -0.25) is 0 Å². The van der Waals surface area contributed by atoms with Gasteiger partial charge in [-0.2, -0.15) is 9.47 Å². The first-order chi connectivity index (χ1) is 13.1. The van der Waals surface area contributed by atoms with E-state index in [1.54, 1.807) is 34.9 Å². The largest absolute Gasteiger partial charge is 0.382 e. The molecule has 0 aliphatic rings. The summed E-state index contributed by atoms with van der Waals surface area (Å²) >= 11 is 9.08. The Labute approximate surface area is 170 Å². The van der Waals surface area contributed by atoms with E-state index in [-0.39, 0.29) is 11.8 Å². The SMILES string of the molecule is C[C@@H](Sc1nsc2ccccc12)[C@](O)(Cn1cncn1)c1ccc(Cl)cc1. The van der Waals surface area contributed by atoms with Crippen molar-refractivity contribution in [1.82, 2.24) is 19.1 Å². The Morgan fingerprint density at radius 2 is 2.00 bits per heavy atom. The number of hydrogen-bond acceptors (Lipinski definition) is 6. The van der Waals surface area contributed by atoms with E-state index in [2.05, 4.69) is 26.6 Å². The second-order valence-electron chi connectivity index (χ2n) is 6.27. The highest BCUT2D eigenvalue weighted by Gasteiger charge is 2.38. The Morgan fingerprint density at radius 3 is 2.74 bits per heavy atom.